The van der Waals surface area contributed by atoms with Crippen molar-refractivity contribution in [3.05, 3.63) is 35.6 Å². The molecule has 0 radical (unpaired) electrons. The summed E-state index contributed by atoms with van der Waals surface area (Å²) in [5.74, 6) is 1.91. The molecule has 1 aromatic carbocycles. The monoisotopic (exact) mass is 526 g/mol. The van der Waals surface area contributed by atoms with Gasteiger partial charge in [-0.25, -0.2) is 4.99 Å². The van der Waals surface area contributed by atoms with Gasteiger partial charge in [0.25, 0.3) is 5.91 Å². The lowest BCUT2D eigenvalue weighted by Gasteiger charge is -2.37. The van der Waals surface area contributed by atoms with Crippen molar-refractivity contribution in [1.29, 1.82) is 0 Å². The number of benzene rings is 1. The van der Waals surface area contributed by atoms with E-state index < -0.39 is 0 Å². The molecule has 8 heteroatoms. The molecule has 4 rings (SSSR count). The molecular formula is C22H31IN4O3. The Morgan fingerprint density at radius 1 is 1.20 bits per heavy atom. The van der Waals surface area contributed by atoms with Crippen LogP contribution in [0.5, 0.6) is 0 Å². The Kier molecular flexibility index (Phi) is 7.99. The molecule has 2 aliphatic rings. The normalized spacial score (nSPS) is 19.8. The van der Waals surface area contributed by atoms with E-state index in [4.69, 9.17) is 14.1 Å². The molecule has 0 saturated carbocycles. The van der Waals surface area contributed by atoms with Crippen molar-refractivity contribution >= 4 is 46.8 Å². The van der Waals surface area contributed by atoms with Gasteiger partial charge in [-0.3, -0.25) is 4.79 Å². The standard InChI is InChI=1S/C22H30N4O3.HI/c1-3-23-22(24-15-20-16(2)17-7-4-5-8-18(17)29-20)26-12-10-25(11-13-26)21(27)19-9-6-14-28-19;/h4-5,7-8,19H,3,6,9-15H2,1-2H3,(H,23,24);1H. The Balaban J connectivity index is 0.00000256. The highest BCUT2D eigenvalue weighted by Gasteiger charge is 2.30. The van der Waals surface area contributed by atoms with Crippen molar-refractivity contribution in [2.24, 2.45) is 4.99 Å². The summed E-state index contributed by atoms with van der Waals surface area (Å²) >= 11 is 0. The quantitative estimate of drug-likeness (QED) is 0.377. The van der Waals surface area contributed by atoms with Gasteiger partial charge in [-0.2, -0.15) is 0 Å². The smallest absolute Gasteiger partial charge is 0.251 e. The summed E-state index contributed by atoms with van der Waals surface area (Å²) in [5, 5.41) is 4.52. The van der Waals surface area contributed by atoms with Crippen molar-refractivity contribution < 1.29 is 13.9 Å². The molecule has 1 N–H and O–H groups in total. The summed E-state index contributed by atoms with van der Waals surface area (Å²) in [4.78, 5) is 21.5. The van der Waals surface area contributed by atoms with E-state index in [2.05, 4.69) is 30.1 Å². The predicted molar refractivity (Wildman–Crippen MR) is 128 cm³/mol. The number of hydrogen-bond acceptors (Lipinski definition) is 4. The lowest BCUT2D eigenvalue weighted by atomic mass is 10.1. The summed E-state index contributed by atoms with van der Waals surface area (Å²) in [6.45, 7) is 9.09. The minimum Gasteiger partial charge on any atom is -0.459 e. The lowest BCUT2D eigenvalue weighted by molar-refractivity contribution is -0.142. The van der Waals surface area contributed by atoms with Crippen LogP contribution in [0.2, 0.25) is 0 Å². The fraction of sp³-hybridized carbons (Fsp3) is 0.545. The number of carbonyl (C=O) groups excluding carboxylic acids is 1. The number of para-hydroxylation sites is 1. The zero-order valence-corrected chi connectivity index (χ0v) is 20.1. The van der Waals surface area contributed by atoms with Crippen molar-refractivity contribution in [1.82, 2.24) is 15.1 Å². The highest BCUT2D eigenvalue weighted by molar-refractivity contribution is 14.0. The molecule has 7 nitrogen and oxygen atoms in total. The largest absolute Gasteiger partial charge is 0.459 e. The molecule has 1 unspecified atom stereocenters. The molecule has 3 heterocycles. The number of fused-ring (bicyclic) bond motifs is 1. The molecular weight excluding hydrogens is 495 g/mol. The zero-order chi connectivity index (χ0) is 20.2. The van der Waals surface area contributed by atoms with Gasteiger partial charge in [-0.1, -0.05) is 18.2 Å². The van der Waals surface area contributed by atoms with Crippen LogP contribution < -0.4 is 5.32 Å². The second kappa shape index (κ2) is 10.5. The summed E-state index contributed by atoms with van der Waals surface area (Å²) in [5.41, 5.74) is 2.05. The lowest BCUT2D eigenvalue weighted by Crippen LogP contribution is -2.55. The molecule has 1 aromatic heterocycles. The van der Waals surface area contributed by atoms with Crippen LogP contribution in [-0.2, 0) is 16.1 Å². The van der Waals surface area contributed by atoms with Gasteiger partial charge < -0.3 is 24.3 Å². The van der Waals surface area contributed by atoms with Crippen LogP contribution in [0, 0.1) is 6.92 Å². The Morgan fingerprint density at radius 3 is 2.60 bits per heavy atom. The number of halogens is 1. The molecule has 1 atom stereocenters. The number of guanidine groups is 1. The zero-order valence-electron chi connectivity index (χ0n) is 17.7. The first-order valence-corrected chi connectivity index (χ1v) is 10.6. The summed E-state index contributed by atoms with van der Waals surface area (Å²) in [7, 11) is 0. The third-order valence-electron chi connectivity index (χ3n) is 5.75. The van der Waals surface area contributed by atoms with Crippen molar-refractivity contribution in [3.63, 3.8) is 0 Å². The van der Waals surface area contributed by atoms with E-state index in [1.807, 2.05) is 23.1 Å². The van der Waals surface area contributed by atoms with Crippen molar-refractivity contribution in [2.45, 2.75) is 39.3 Å². The maximum absolute atomic E-state index is 12.6. The number of furan rings is 1. The average molecular weight is 526 g/mol. The van der Waals surface area contributed by atoms with Crippen molar-refractivity contribution in [2.75, 3.05) is 39.3 Å². The number of amides is 1. The van der Waals surface area contributed by atoms with Gasteiger partial charge >= 0.3 is 0 Å². The van der Waals surface area contributed by atoms with Crippen LogP contribution in [-0.4, -0.2) is 67.1 Å². The molecule has 2 saturated heterocycles. The van der Waals surface area contributed by atoms with Gasteiger partial charge in [-0.15, -0.1) is 24.0 Å². The number of nitrogens with one attached hydrogen (secondary N) is 1. The summed E-state index contributed by atoms with van der Waals surface area (Å²) < 4.78 is 11.6. The first-order chi connectivity index (χ1) is 14.2. The number of nitrogens with zero attached hydrogens (tertiary/aromatic N) is 3. The molecule has 1 amide bonds. The van der Waals surface area contributed by atoms with Gasteiger partial charge in [-0.05, 0) is 32.8 Å². The fourth-order valence-electron chi connectivity index (χ4n) is 4.06. The van der Waals surface area contributed by atoms with E-state index in [0.717, 1.165) is 60.7 Å². The number of piperazine rings is 1. The fourth-order valence-corrected chi connectivity index (χ4v) is 4.06. The summed E-state index contributed by atoms with van der Waals surface area (Å²) in [6.07, 6.45) is 1.59. The topological polar surface area (TPSA) is 70.3 Å². The first kappa shape index (κ1) is 22.9. The predicted octanol–water partition coefficient (Wildman–Crippen LogP) is 3.15. The van der Waals surface area contributed by atoms with E-state index >= 15 is 0 Å². The molecule has 2 aliphatic heterocycles. The van der Waals surface area contributed by atoms with Gasteiger partial charge in [0, 0.05) is 50.3 Å². The second-order valence-corrected chi connectivity index (χ2v) is 7.63. The number of aliphatic imine (C=N–C) groups is 1. The number of rotatable bonds is 4. The van der Waals surface area contributed by atoms with Crippen molar-refractivity contribution in [3.8, 4) is 0 Å². The van der Waals surface area contributed by atoms with E-state index in [-0.39, 0.29) is 36.0 Å². The van der Waals surface area contributed by atoms with Gasteiger partial charge in [0.2, 0.25) is 0 Å². The summed E-state index contributed by atoms with van der Waals surface area (Å²) in [6, 6.07) is 8.08. The Morgan fingerprint density at radius 2 is 1.93 bits per heavy atom. The van der Waals surface area contributed by atoms with Gasteiger partial charge in [0.15, 0.2) is 5.96 Å². The maximum Gasteiger partial charge on any atom is 0.251 e. The highest BCUT2D eigenvalue weighted by atomic mass is 127. The molecule has 2 fully saturated rings. The van der Waals surface area contributed by atoms with Crippen LogP contribution in [0.1, 0.15) is 31.1 Å². The van der Waals surface area contributed by atoms with Gasteiger partial charge in [0.1, 0.15) is 24.0 Å². The number of hydrogen-bond donors (Lipinski definition) is 1. The minimum absolute atomic E-state index is 0. The third kappa shape index (κ3) is 4.91. The Bertz CT molecular complexity index is 884. The van der Waals surface area contributed by atoms with Crippen LogP contribution in [0.15, 0.2) is 33.7 Å². The molecule has 0 bridgehead atoms. The van der Waals surface area contributed by atoms with E-state index in [1.54, 1.807) is 0 Å². The Labute approximate surface area is 194 Å². The Hall–Kier alpha value is -1.81. The first-order valence-electron chi connectivity index (χ1n) is 10.6. The maximum atomic E-state index is 12.6. The van der Waals surface area contributed by atoms with Crippen LogP contribution in [0.4, 0.5) is 0 Å². The number of carbonyl (C=O) groups is 1. The average Bonchev–Trinajstić information content (AvgIpc) is 3.40. The molecule has 0 spiro atoms. The molecule has 30 heavy (non-hydrogen) atoms. The van der Waals surface area contributed by atoms with E-state index in [9.17, 15) is 4.79 Å². The third-order valence-corrected chi connectivity index (χ3v) is 5.75. The second-order valence-electron chi connectivity index (χ2n) is 7.63. The van der Waals surface area contributed by atoms with Gasteiger partial charge in [0.05, 0.1) is 0 Å². The van der Waals surface area contributed by atoms with Crippen LogP contribution in [0.3, 0.4) is 0 Å². The highest BCUT2D eigenvalue weighted by Crippen LogP contribution is 2.25. The van der Waals surface area contributed by atoms with E-state index in [0.29, 0.717) is 26.2 Å². The SMILES string of the molecule is CCNC(=NCc1oc2ccccc2c1C)N1CCN(C(=O)C2CCCO2)CC1.I. The van der Waals surface area contributed by atoms with Crippen LogP contribution >= 0.6 is 24.0 Å². The number of ether oxygens (including phenoxy) is 1. The molecule has 164 valence electrons. The van der Waals surface area contributed by atoms with Crippen LogP contribution in [0.25, 0.3) is 11.0 Å². The molecule has 0 aliphatic carbocycles. The van der Waals surface area contributed by atoms with E-state index in [1.165, 1.54) is 0 Å². The number of aryl methyl sites for hydroxylation is 1. The minimum atomic E-state index is -0.237. The molecule has 2 aromatic rings.